The maximum absolute atomic E-state index is 12.8. The predicted molar refractivity (Wildman–Crippen MR) is 120 cm³/mol. The minimum atomic E-state index is -0.540. The van der Waals surface area contributed by atoms with E-state index in [2.05, 4.69) is 18.3 Å². The van der Waals surface area contributed by atoms with Gasteiger partial charge in [-0.2, -0.15) is 0 Å². The number of benzene rings is 1. The van der Waals surface area contributed by atoms with Crippen molar-refractivity contribution < 1.29 is 9.53 Å². The second-order valence-electron chi connectivity index (χ2n) is 8.22. The quantitative estimate of drug-likeness (QED) is 0.683. The summed E-state index contributed by atoms with van der Waals surface area (Å²) < 4.78 is 6.70. The summed E-state index contributed by atoms with van der Waals surface area (Å²) in [6.45, 7) is 8.41. The fraction of sp³-hybridized carbons (Fsp3) is 0.409. The predicted octanol–water partition coefficient (Wildman–Crippen LogP) is 5.12. The van der Waals surface area contributed by atoms with Crippen molar-refractivity contribution in [3.8, 4) is 0 Å². The highest BCUT2D eigenvalue weighted by Crippen LogP contribution is 2.33. The molecule has 29 heavy (non-hydrogen) atoms. The van der Waals surface area contributed by atoms with Crippen molar-refractivity contribution in [3.63, 3.8) is 0 Å². The Hall–Kier alpha value is -2.67. The first kappa shape index (κ1) is 21.0. The fourth-order valence-electron chi connectivity index (χ4n) is 3.22. The lowest BCUT2D eigenvalue weighted by Crippen LogP contribution is -2.39. The molecule has 0 aliphatic carbocycles. The van der Waals surface area contributed by atoms with E-state index in [1.54, 1.807) is 22.3 Å². The molecule has 1 aromatic carbocycles. The number of thiazole rings is 1. The van der Waals surface area contributed by atoms with Gasteiger partial charge in [0.15, 0.2) is 0 Å². The van der Waals surface area contributed by atoms with E-state index >= 15 is 0 Å². The Kier molecular flexibility index (Phi) is 6.07. The van der Waals surface area contributed by atoms with Crippen LogP contribution in [0.1, 0.15) is 44.7 Å². The lowest BCUT2D eigenvalue weighted by atomic mass is 9.98. The highest BCUT2D eigenvalue weighted by atomic mass is 32.1. The van der Waals surface area contributed by atoms with E-state index in [0.717, 1.165) is 38.6 Å². The molecule has 0 saturated heterocycles. The number of carbonyl (C=O) groups is 1. The number of allylic oxidation sites excluding steroid dienone is 2. The Labute approximate surface area is 175 Å². The van der Waals surface area contributed by atoms with Crippen LogP contribution < -0.4 is 5.32 Å². The van der Waals surface area contributed by atoms with Gasteiger partial charge in [0.1, 0.15) is 10.6 Å². The van der Waals surface area contributed by atoms with E-state index in [-0.39, 0.29) is 6.09 Å². The third kappa shape index (κ3) is 4.85. The van der Waals surface area contributed by atoms with Gasteiger partial charge >= 0.3 is 6.09 Å². The summed E-state index contributed by atoms with van der Waals surface area (Å²) in [5.74, 6) is 0.380. The standard InChI is InChI=1S/C22H28N4O2S/c1-14-6-8-18(26(13-14)21(27)28-22(2,3)4)15-7-9-19-17(12-15)25-20(29-19)16(24-5)10-11-23/h7-12,14,23-24H,6,13H2,1-5H3/b16-10-,23-11?. The molecule has 2 aromatic rings. The van der Waals surface area contributed by atoms with Gasteiger partial charge in [-0.05, 0) is 51.3 Å². The van der Waals surface area contributed by atoms with Crippen molar-refractivity contribution in [1.82, 2.24) is 15.2 Å². The zero-order valence-electron chi connectivity index (χ0n) is 17.6. The van der Waals surface area contributed by atoms with Gasteiger partial charge in [-0.15, -0.1) is 11.3 Å². The van der Waals surface area contributed by atoms with Crippen LogP contribution in [0.2, 0.25) is 0 Å². The highest BCUT2D eigenvalue weighted by Gasteiger charge is 2.29. The Morgan fingerprint density at radius 2 is 2.17 bits per heavy atom. The van der Waals surface area contributed by atoms with Crippen LogP contribution in [0.15, 0.2) is 30.4 Å². The molecule has 0 fully saturated rings. The van der Waals surface area contributed by atoms with Crippen LogP contribution in [0.3, 0.4) is 0 Å². The van der Waals surface area contributed by atoms with Crippen molar-refractivity contribution in [2.75, 3.05) is 13.6 Å². The van der Waals surface area contributed by atoms with Crippen molar-refractivity contribution in [3.05, 3.63) is 40.9 Å². The maximum Gasteiger partial charge on any atom is 0.414 e. The first-order valence-electron chi connectivity index (χ1n) is 9.72. The zero-order valence-corrected chi connectivity index (χ0v) is 18.4. The molecule has 1 aromatic heterocycles. The molecule has 1 aliphatic rings. The molecule has 1 amide bonds. The normalized spacial score (nSPS) is 17.8. The number of aromatic nitrogens is 1. The molecule has 0 radical (unpaired) electrons. The lowest BCUT2D eigenvalue weighted by Gasteiger charge is -2.33. The molecule has 0 bridgehead atoms. The summed E-state index contributed by atoms with van der Waals surface area (Å²) in [5.41, 5.74) is 2.97. The number of rotatable bonds is 4. The Morgan fingerprint density at radius 3 is 2.83 bits per heavy atom. The van der Waals surface area contributed by atoms with Gasteiger partial charge in [-0.3, -0.25) is 4.90 Å². The van der Waals surface area contributed by atoms with Crippen LogP contribution in [0.4, 0.5) is 4.79 Å². The number of nitrogens with one attached hydrogen (secondary N) is 2. The number of hydrogen-bond acceptors (Lipinski definition) is 6. The molecule has 1 unspecified atom stereocenters. The van der Waals surface area contributed by atoms with Crippen molar-refractivity contribution in [2.24, 2.45) is 5.92 Å². The summed E-state index contributed by atoms with van der Waals surface area (Å²) >= 11 is 1.57. The minimum absolute atomic E-state index is 0.319. The molecule has 2 heterocycles. The first-order chi connectivity index (χ1) is 13.7. The molecule has 0 spiro atoms. The van der Waals surface area contributed by atoms with Crippen LogP contribution in [-0.4, -0.2) is 41.4 Å². The van der Waals surface area contributed by atoms with Crippen LogP contribution in [0.25, 0.3) is 21.6 Å². The number of nitrogens with zero attached hydrogens (tertiary/aromatic N) is 2. The van der Waals surface area contributed by atoms with E-state index < -0.39 is 5.60 Å². The molecule has 6 nitrogen and oxygen atoms in total. The van der Waals surface area contributed by atoms with E-state index in [0.29, 0.717) is 12.5 Å². The third-order valence-corrected chi connectivity index (χ3v) is 5.62. The minimum Gasteiger partial charge on any atom is -0.443 e. The Morgan fingerprint density at radius 1 is 1.41 bits per heavy atom. The summed E-state index contributed by atoms with van der Waals surface area (Å²) in [7, 11) is 1.82. The summed E-state index contributed by atoms with van der Waals surface area (Å²) in [6, 6.07) is 6.09. The van der Waals surface area contributed by atoms with Crippen molar-refractivity contribution in [2.45, 2.75) is 39.7 Å². The summed E-state index contributed by atoms with van der Waals surface area (Å²) in [6.07, 6.45) is 5.64. The van der Waals surface area contributed by atoms with Crippen LogP contribution in [-0.2, 0) is 4.74 Å². The van der Waals surface area contributed by atoms with E-state index in [4.69, 9.17) is 15.1 Å². The lowest BCUT2D eigenvalue weighted by molar-refractivity contribution is 0.0327. The van der Waals surface area contributed by atoms with E-state index in [1.807, 2.05) is 46.0 Å². The van der Waals surface area contributed by atoms with Gasteiger partial charge in [-0.1, -0.05) is 19.1 Å². The maximum atomic E-state index is 12.8. The average molecular weight is 413 g/mol. The van der Waals surface area contributed by atoms with E-state index in [9.17, 15) is 4.79 Å². The SMILES string of the molecule is CN/C(=C\C=N)c1nc2cc(C3=CCC(C)CN3C(=O)OC(C)(C)C)ccc2s1. The third-order valence-electron chi connectivity index (χ3n) is 4.55. The van der Waals surface area contributed by atoms with Crippen LogP contribution in [0.5, 0.6) is 0 Å². The van der Waals surface area contributed by atoms with Crippen molar-refractivity contribution >= 4 is 45.3 Å². The van der Waals surface area contributed by atoms with Crippen LogP contribution >= 0.6 is 11.3 Å². The topological polar surface area (TPSA) is 78.3 Å². The number of amides is 1. The molecule has 1 atom stereocenters. The zero-order chi connectivity index (χ0) is 21.2. The van der Waals surface area contributed by atoms with Gasteiger partial charge in [0.2, 0.25) is 0 Å². The molecule has 154 valence electrons. The first-order valence-corrected chi connectivity index (χ1v) is 10.5. The molecular formula is C22H28N4O2S. The number of ether oxygens (including phenoxy) is 1. The molecular weight excluding hydrogens is 384 g/mol. The highest BCUT2D eigenvalue weighted by molar-refractivity contribution is 7.19. The van der Waals surface area contributed by atoms with Gasteiger partial charge in [0.05, 0.1) is 21.6 Å². The Bertz CT molecular complexity index is 984. The number of carbonyl (C=O) groups excluding carboxylic acids is 1. The summed E-state index contributed by atoms with van der Waals surface area (Å²) in [4.78, 5) is 19.3. The second-order valence-corrected chi connectivity index (χ2v) is 9.25. The summed E-state index contributed by atoms with van der Waals surface area (Å²) in [5, 5.41) is 11.2. The molecule has 7 heteroatoms. The molecule has 3 rings (SSSR count). The van der Waals surface area contributed by atoms with Gasteiger partial charge in [0, 0.05) is 25.4 Å². The van der Waals surface area contributed by atoms with E-state index in [1.165, 1.54) is 6.21 Å². The molecule has 2 N–H and O–H groups in total. The molecule has 1 aliphatic heterocycles. The second kappa shape index (κ2) is 8.37. The van der Waals surface area contributed by atoms with Gasteiger partial charge < -0.3 is 15.5 Å². The fourth-order valence-corrected chi connectivity index (χ4v) is 4.20. The monoisotopic (exact) mass is 412 g/mol. The number of fused-ring (bicyclic) bond motifs is 1. The average Bonchev–Trinajstić information content (AvgIpc) is 3.07. The smallest absolute Gasteiger partial charge is 0.414 e. The van der Waals surface area contributed by atoms with Crippen LogP contribution in [0, 0.1) is 11.3 Å². The number of hydrogen-bond donors (Lipinski definition) is 2. The van der Waals surface area contributed by atoms with Gasteiger partial charge in [-0.25, -0.2) is 9.78 Å². The van der Waals surface area contributed by atoms with Crippen molar-refractivity contribution in [1.29, 1.82) is 5.41 Å². The Balaban J connectivity index is 1.97. The molecule has 0 saturated carbocycles. The van der Waals surface area contributed by atoms with Gasteiger partial charge in [0.25, 0.3) is 0 Å². The largest absolute Gasteiger partial charge is 0.443 e.